The third kappa shape index (κ3) is 54.5. The molecule has 0 saturated heterocycles. The molecule has 0 aromatic heterocycles. The summed E-state index contributed by atoms with van der Waals surface area (Å²) < 4.78 is 23.7. The van der Waals surface area contributed by atoms with Gasteiger partial charge in [0.25, 0.3) is 0 Å². The number of aliphatic hydroxyl groups is 1. The zero-order valence-electron chi connectivity index (χ0n) is 47.3. The Hall–Kier alpha value is -1.28. The topological polar surface area (TPSA) is 105 Å². The number of phosphoric ester groups is 1. The minimum Gasteiger partial charge on any atom is -0.387 e. The van der Waals surface area contributed by atoms with Crippen molar-refractivity contribution in [3.63, 3.8) is 0 Å². The lowest BCUT2D eigenvalue weighted by atomic mass is 10.0. The third-order valence-corrected chi connectivity index (χ3v) is 14.8. The van der Waals surface area contributed by atoms with E-state index < -0.39 is 20.0 Å². The molecule has 1 amide bonds. The molecule has 0 bridgehead atoms. The van der Waals surface area contributed by atoms with E-state index in [0.717, 1.165) is 44.9 Å². The van der Waals surface area contributed by atoms with Crippen LogP contribution in [0.15, 0.2) is 36.5 Å². The Kier molecular flexibility index (Phi) is 51.6. The highest BCUT2D eigenvalue weighted by Crippen LogP contribution is 2.43. The Bertz CT molecular complexity index is 1230. The van der Waals surface area contributed by atoms with Crippen LogP contribution in [0.5, 0.6) is 0 Å². The second-order valence-electron chi connectivity index (χ2n) is 22.1. The van der Waals surface area contributed by atoms with Crippen molar-refractivity contribution < 1.29 is 32.9 Å². The van der Waals surface area contributed by atoms with Crippen LogP contribution in [0.4, 0.5) is 0 Å². The number of hydrogen-bond donors (Lipinski definition) is 3. The molecule has 0 rings (SSSR count). The molecule has 0 aliphatic heterocycles. The van der Waals surface area contributed by atoms with E-state index in [-0.39, 0.29) is 19.1 Å². The van der Waals surface area contributed by atoms with Gasteiger partial charge in [-0.2, -0.15) is 0 Å². The summed E-state index contributed by atoms with van der Waals surface area (Å²) >= 11 is 0. The largest absolute Gasteiger partial charge is 0.472 e. The summed E-state index contributed by atoms with van der Waals surface area (Å²) in [6.07, 6.45) is 68.3. The van der Waals surface area contributed by atoms with Crippen LogP contribution in [-0.2, 0) is 18.4 Å². The van der Waals surface area contributed by atoms with E-state index in [0.29, 0.717) is 17.4 Å². The average molecular weight is 1010 g/mol. The van der Waals surface area contributed by atoms with Crippen LogP contribution in [0.25, 0.3) is 0 Å². The van der Waals surface area contributed by atoms with Crippen molar-refractivity contribution in [1.82, 2.24) is 5.32 Å². The first-order chi connectivity index (χ1) is 34.0. The number of carbonyl (C=O) groups is 1. The minimum absolute atomic E-state index is 0.0632. The van der Waals surface area contributed by atoms with Crippen LogP contribution in [0.1, 0.15) is 296 Å². The number of allylic oxidation sites excluding steroid dienone is 5. The lowest BCUT2D eigenvalue weighted by Gasteiger charge is -2.25. The SMILES string of the molecule is CCCCCCC/C=C\C/C=C\CCCCCCCCCCCCCCCCCCCCCC(=O)NC(COP(=O)(O)OCC[N+](C)(C)C)C(O)/C=C/CCCCCCCCCCCCCCCCC. The first-order valence-electron chi connectivity index (χ1n) is 30.4. The average Bonchev–Trinajstić information content (AvgIpc) is 3.32. The molecule has 8 nitrogen and oxygen atoms in total. The highest BCUT2D eigenvalue weighted by Gasteiger charge is 2.27. The van der Waals surface area contributed by atoms with E-state index in [4.69, 9.17) is 9.05 Å². The van der Waals surface area contributed by atoms with Gasteiger partial charge in [0.15, 0.2) is 0 Å². The van der Waals surface area contributed by atoms with Crippen molar-refractivity contribution in [1.29, 1.82) is 0 Å². The van der Waals surface area contributed by atoms with Gasteiger partial charge in [-0.3, -0.25) is 13.8 Å². The minimum atomic E-state index is -4.34. The molecule has 0 heterocycles. The van der Waals surface area contributed by atoms with Gasteiger partial charge in [0.1, 0.15) is 13.2 Å². The predicted molar refractivity (Wildman–Crippen MR) is 304 cm³/mol. The Morgan fingerprint density at radius 3 is 1.17 bits per heavy atom. The van der Waals surface area contributed by atoms with Gasteiger partial charge in [-0.1, -0.05) is 275 Å². The summed E-state index contributed by atoms with van der Waals surface area (Å²) in [5, 5.41) is 13.9. The fourth-order valence-corrected chi connectivity index (χ4v) is 9.81. The third-order valence-electron chi connectivity index (χ3n) is 13.9. The molecule has 3 unspecified atom stereocenters. The number of likely N-dealkylation sites (N-methyl/N-ethyl adjacent to an activating group) is 1. The van der Waals surface area contributed by atoms with Gasteiger partial charge in [-0.05, 0) is 51.4 Å². The first kappa shape index (κ1) is 68.7. The van der Waals surface area contributed by atoms with Crippen LogP contribution < -0.4 is 5.32 Å². The number of rotatable bonds is 56. The van der Waals surface area contributed by atoms with Crippen LogP contribution in [0, 0.1) is 0 Å². The number of carbonyl (C=O) groups excluding carboxylic acids is 1. The van der Waals surface area contributed by atoms with E-state index >= 15 is 0 Å². The normalized spacial score (nSPS) is 14.1. The van der Waals surface area contributed by atoms with Crippen molar-refractivity contribution in [3.8, 4) is 0 Å². The number of nitrogens with zero attached hydrogens (tertiary/aromatic N) is 1. The Labute approximate surface area is 436 Å². The van der Waals surface area contributed by atoms with Gasteiger partial charge in [0.05, 0.1) is 39.9 Å². The molecule has 0 aromatic carbocycles. The van der Waals surface area contributed by atoms with Gasteiger partial charge in [-0.25, -0.2) is 4.57 Å². The van der Waals surface area contributed by atoms with Crippen LogP contribution in [0.3, 0.4) is 0 Å². The molecule has 0 aromatic rings. The zero-order valence-corrected chi connectivity index (χ0v) is 48.2. The number of aliphatic hydroxyl groups excluding tert-OH is 1. The smallest absolute Gasteiger partial charge is 0.387 e. The molecule has 3 atom stereocenters. The molecule has 0 fully saturated rings. The van der Waals surface area contributed by atoms with Crippen molar-refractivity contribution in [2.75, 3.05) is 40.9 Å². The maximum absolute atomic E-state index is 13.0. The summed E-state index contributed by atoms with van der Waals surface area (Å²) in [6, 6.07) is -0.845. The fraction of sp³-hybridized carbons (Fsp3) is 0.885. The van der Waals surface area contributed by atoms with Crippen LogP contribution in [0.2, 0.25) is 0 Å². The fourth-order valence-electron chi connectivity index (χ4n) is 9.08. The molecule has 0 aliphatic rings. The predicted octanol–water partition coefficient (Wildman–Crippen LogP) is 18.5. The second-order valence-corrected chi connectivity index (χ2v) is 23.5. The molecular weight excluding hydrogens is 888 g/mol. The first-order valence-corrected chi connectivity index (χ1v) is 31.9. The quantitative estimate of drug-likeness (QED) is 0.0243. The van der Waals surface area contributed by atoms with Gasteiger partial charge >= 0.3 is 7.82 Å². The Morgan fingerprint density at radius 1 is 0.486 bits per heavy atom. The van der Waals surface area contributed by atoms with Gasteiger partial charge in [-0.15, -0.1) is 0 Å². The summed E-state index contributed by atoms with van der Waals surface area (Å²) in [4.78, 5) is 23.3. The maximum atomic E-state index is 13.0. The van der Waals surface area contributed by atoms with E-state index in [2.05, 4.69) is 43.5 Å². The number of phosphoric acid groups is 1. The number of quaternary nitrogens is 1. The summed E-state index contributed by atoms with van der Waals surface area (Å²) in [7, 11) is 1.58. The van der Waals surface area contributed by atoms with Gasteiger partial charge < -0.3 is 19.8 Å². The van der Waals surface area contributed by atoms with Crippen molar-refractivity contribution in [2.24, 2.45) is 0 Å². The van der Waals surface area contributed by atoms with Crippen LogP contribution >= 0.6 is 7.82 Å². The van der Waals surface area contributed by atoms with Gasteiger partial charge in [0.2, 0.25) is 5.91 Å². The monoisotopic (exact) mass is 1010 g/mol. The van der Waals surface area contributed by atoms with Crippen molar-refractivity contribution in [2.45, 2.75) is 309 Å². The molecule has 3 N–H and O–H groups in total. The lowest BCUT2D eigenvalue weighted by molar-refractivity contribution is -0.870. The molecule has 0 saturated carbocycles. The van der Waals surface area contributed by atoms with E-state index in [1.54, 1.807) is 6.08 Å². The summed E-state index contributed by atoms with van der Waals surface area (Å²) in [5.74, 6) is -0.172. The van der Waals surface area contributed by atoms with E-state index in [9.17, 15) is 19.4 Å². The molecule has 414 valence electrons. The van der Waals surface area contributed by atoms with Crippen molar-refractivity contribution in [3.05, 3.63) is 36.5 Å². The lowest BCUT2D eigenvalue weighted by Crippen LogP contribution is -2.45. The maximum Gasteiger partial charge on any atom is 0.472 e. The zero-order chi connectivity index (χ0) is 51.3. The van der Waals surface area contributed by atoms with Gasteiger partial charge in [0, 0.05) is 6.42 Å². The summed E-state index contributed by atoms with van der Waals surface area (Å²) in [5.41, 5.74) is 0. The summed E-state index contributed by atoms with van der Waals surface area (Å²) in [6.45, 7) is 4.84. The molecular formula is C61H120N2O6P+. The van der Waals surface area contributed by atoms with Crippen molar-refractivity contribution >= 4 is 13.7 Å². The molecule has 9 heteroatoms. The number of unbranched alkanes of at least 4 members (excludes halogenated alkanes) is 39. The Morgan fingerprint density at radius 2 is 0.814 bits per heavy atom. The highest BCUT2D eigenvalue weighted by atomic mass is 31.2. The number of nitrogens with one attached hydrogen (secondary N) is 1. The highest BCUT2D eigenvalue weighted by molar-refractivity contribution is 7.47. The van der Waals surface area contributed by atoms with E-state index in [1.807, 2.05) is 27.2 Å². The molecule has 0 spiro atoms. The number of hydrogen-bond acceptors (Lipinski definition) is 5. The molecule has 70 heavy (non-hydrogen) atoms. The van der Waals surface area contributed by atoms with E-state index in [1.165, 1.54) is 231 Å². The molecule has 0 aliphatic carbocycles. The second kappa shape index (κ2) is 52.6. The Balaban J connectivity index is 4.07. The standard InChI is InChI=1S/C61H119N2O6P/c1-6-8-10-12-14-16-18-20-22-24-25-26-27-28-29-30-31-32-33-34-35-36-37-39-41-43-45-47-49-51-53-55-61(65)62-59(58-69-70(66,67)68-57-56-63(3,4)5)60(64)54-52-50-48-46-44-42-40-38-23-21-19-17-15-13-11-9-7-2/h18,20,24-25,52,54,59-60,64H,6-17,19,21-23,26-51,53,55-58H2,1-5H3,(H-,62,65,66,67)/p+1/b20-18-,25-24-,54-52+. The number of amides is 1. The van der Waals surface area contributed by atoms with Crippen LogP contribution in [-0.4, -0.2) is 73.4 Å². The molecule has 0 radical (unpaired) electrons.